The molecule has 1 amide bonds. The number of quaternary nitrogens is 2. The third-order valence-corrected chi connectivity index (χ3v) is 6.20. The molecule has 2 aromatic carbocycles. The van der Waals surface area contributed by atoms with Gasteiger partial charge in [-0.25, -0.2) is 0 Å². The van der Waals surface area contributed by atoms with Crippen LogP contribution in [0, 0.1) is 0 Å². The molecule has 1 saturated heterocycles. The summed E-state index contributed by atoms with van der Waals surface area (Å²) in [4.78, 5) is 18.1. The molecule has 0 aromatic heterocycles. The topological polar surface area (TPSA) is 38.4 Å². The molecule has 2 aromatic rings. The largest absolute Gasteiger partial charge is 0.488 e. The van der Waals surface area contributed by atoms with Gasteiger partial charge in [0.25, 0.3) is 5.91 Å². The monoisotopic (exact) mass is 381 g/mol. The average Bonchev–Trinajstić information content (AvgIpc) is 3.18. The summed E-state index contributed by atoms with van der Waals surface area (Å²) in [5.41, 5.74) is 2.41. The predicted octanol–water partition coefficient (Wildman–Crippen LogP) is -0.173. The number of rotatable bonds is 6. The second kappa shape index (κ2) is 8.76. The summed E-state index contributed by atoms with van der Waals surface area (Å²) < 4.78 is 5.83. The van der Waals surface area contributed by atoms with Crippen LogP contribution in [0.25, 0.3) is 0 Å². The van der Waals surface area contributed by atoms with Gasteiger partial charge < -0.3 is 19.4 Å². The number of hydrogen-bond donors (Lipinski definition) is 2. The number of carbonyl (C=O) groups excluding carboxylic acids is 1. The Hall–Kier alpha value is -2.37. The quantitative estimate of drug-likeness (QED) is 0.729. The Morgan fingerprint density at radius 3 is 2.54 bits per heavy atom. The van der Waals surface area contributed by atoms with E-state index in [1.54, 1.807) is 4.90 Å². The molecule has 2 N–H and O–H groups in total. The summed E-state index contributed by atoms with van der Waals surface area (Å²) in [7, 11) is 0. The van der Waals surface area contributed by atoms with E-state index in [1.165, 1.54) is 10.5 Å². The van der Waals surface area contributed by atoms with E-state index >= 15 is 0 Å². The molecule has 0 radical (unpaired) electrons. The zero-order valence-corrected chi connectivity index (χ0v) is 16.7. The number of anilines is 1. The number of fused-ring (bicyclic) bond motifs is 1. The summed E-state index contributed by atoms with van der Waals surface area (Å²) in [6, 6.07) is 18.3. The van der Waals surface area contributed by atoms with Gasteiger partial charge in [0.15, 0.2) is 6.04 Å². The highest BCUT2D eigenvalue weighted by Crippen LogP contribution is 2.27. The molecule has 1 fully saturated rings. The maximum Gasteiger partial charge on any atom is 0.284 e. The maximum atomic E-state index is 13.1. The van der Waals surface area contributed by atoms with E-state index in [0.717, 1.165) is 63.7 Å². The fourth-order valence-electron chi connectivity index (χ4n) is 4.41. The van der Waals surface area contributed by atoms with Gasteiger partial charge in [-0.2, -0.15) is 0 Å². The van der Waals surface area contributed by atoms with Crippen LogP contribution in [0.1, 0.15) is 12.5 Å². The first-order valence-electron chi connectivity index (χ1n) is 10.5. The lowest BCUT2D eigenvalue weighted by Crippen LogP contribution is -3.30. The standard InChI is InChI=1S/C23H29N3O2/c1-19(23(27)26-12-11-20-7-5-6-10-22(20)26)25-15-13-24(14-16-25)17-18-28-21-8-3-2-4-9-21/h2-10,19H,11-18H2,1H3/p+2/t19-/m1/s1. The minimum Gasteiger partial charge on any atom is -0.488 e. The number of hydrogen-bond acceptors (Lipinski definition) is 2. The fourth-order valence-corrected chi connectivity index (χ4v) is 4.41. The highest BCUT2D eigenvalue weighted by atomic mass is 16.5. The first kappa shape index (κ1) is 19.0. The van der Waals surface area contributed by atoms with E-state index in [4.69, 9.17) is 4.74 Å². The van der Waals surface area contributed by atoms with Crippen LogP contribution in [0.4, 0.5) is 5.69 Å². The Labute approximate surface area is 167 Å². The van der Waals surface area contributed by atoms with Crippen molar-refractivity contribution in [1.29, 1.82) is 0 Å². The van der Waals surface area contributed by atoms with E-state index in [0.29, 0.717) is 0 Å². The van der Waals surface area contributed by atoms with Gasteiger partial charge >= 0.3 is 0 Å². The van der Waals surface area contributed by atoms with Gasteiger partial charge in [-0.05, 0) is 37.1 Å². The van der Waals surface area contributed by atoms with Crippen molar-refractivity contribution in [3.8, 4) is 5.75 Å². The minimum absolute atomic E-state index is 0.0216. The Morgan fingerprint density at radius 2 is 1.75 bits per heavy atom. The van der Waals surface area contributed by atoms with E-state index in [9.17, 15) is 4.79 Å². The number of nitrogens with zero attached hydrogens (tertiary/aromatic N) is 1. The zero-order valence-electron chi connectivity index (χ0n) is 16.7. The van der Waals surface area contributed by atoms with Crippen molar-refractivity contribution in [2.75, 3.05) is 50.8 Å². The molecule has 5 nitrogen and oxygen atoms in total. The highest BCUT2D eigenvalue weighted by Gasteiger charge is 2.35. The van der Waals surface area contributed by atoms with E-state index in [-0.39, 0.29) is 11.9 Å². The minimum atomic E-state index is 0.0216. The molecule has 1 atom stereocenters. The molecule has 148 valence electrons. The van der Waals surface area contributed by atoms with Crippen LogP contribution >= 0.6 is 0 Å². The van der Waals surface area contributed by atoms with Gasteiger partial charge in [0, 0.05) is 12.2 Å². The van der Waals surface area contributed by atoms with Crippen LogP contribution in [-0.4, -0.2) is 57.8 Å². The van der Waals surface area contributed by atoms with Gasteiger partial charge in [-0.15, -0.1) is 0 Å². The second-order valence-electron chi connectivity index (χ2n) is 7.91. The number of piperazine rings is 1. The third-order valence-electron chi connectivity index (χ3n) is 6.20. The summed E-state index contributed by atoms with van der Waals surface area (Å²) in [6.07, 6.45) is 0.976. The summed E-state index contributed by atoms with van der Waals surface area (Å²) >= 11 is 0. The van der Waals surface area contributed by atoms with Gasteiger partial charge in [-0.1, -0.05) is 36.4 Å². The number of nitrogens with one attached hydrogen (secondary N) is 2. The number of ether oxygens (including phenoxy) is 1. The normalized spacial score (nSPS) is 22.5. The van der Waals surface area contributed by atoms with Crippen LogP contribution in [0.5, 0.6) is 5.75 Å². The van der Waals surface area contributed by atoms with Gasteiger partial charge in [0.2, 0.25) is 0 Å². The molecular weight excluding hydrogens is 350 g/mol. The fraction of sp³-hybridized carbons (Fsp3) is 0.435. The smallest absolute Gasteiger partial charge is 0.284 e. The molecule has 0 bridgehead atoms. The number of carbonyl (C=O) groups is 1. The Bertz CT molecular complexity index is 787. The maximum absolute atomic E-state index is 13.1. The lowest BCUT2D eigenvalue weighted by molar-refractivity contribution is -1.02. The first-order valence-corrected chi connectivity index (χ1v) is 10.5. The Kier molecular flexibility index (Phi) is 5.93. The SMILES string of the molecule is C[C@H](C(=O)N1CCc2ccccc21)[NH+]1CC[NH+](CCOc2ccccc2)CC1. The molecule has 0 aliphatic carbocycles. The lowest BCUT2D eigenvalue weighted by Gasteiger charge is -2.34. The summed E-state index contributed by atoms with van der Waals surface area (Å²) in [6.45, 7) is 8.97. The lowest BCUT2D eigenvalue weighted by atomic mass is 10.1. The van der Waals surface area contributed by atoms with E-state index < -0.39 is 0 Å². The molecule has 0 saturated carbocycles. The van der Waals surface area contributed by atoms with Crippen LogP contribution in [0.3, 0.4) is 0 Å². The van der Waals surface area contributed by atoms with Crippen molar-refractivity contribution in [3.05, 3.63) is 60.2 Å². The zero-order chi connectivity index (χ0) is 19.3. The molecular formula is C23H31N3O2+2. The number of amides is 1. The van der Waals surface area contributed by atoms with Crippen LogP contribution in [-0.2, 0) is 11.2 Å². The van der Waals surface area contributed by atoms with Crippen molar-refractivity contribution in [3.63, 3.8) is 0 Å². The summed E-state index contributed by atoms with van der Waals surface area (Å²) in [5, 5.41) is 0. The van der Waals surface area contributed by atoms with Gasteiger partial charge in [0.05, 0.1) is 0 Å². The molecule has 2 aliphatic rings. The predicted molar refractivity (Wildman–Crippen MR) is 110 cm³/mol. The Morgan fingerprint density at radius 1 is 1.04 bits per heavy atom. The third kappa shape index (κ3) is 4.21. The highest BCUT2D eigenvalue weighted by molar-refractivity contribution is 5.97. The van der Waals surface area contributed by atoms with Gasteiger partial charge in [0.1, 0.15) is 45.1 Å². The summed E-state index contributed by atoms with van der Waals surface area (Å²) in [5.74, 6) is 1.21. The van der Waals surface area contributed by atoms with Crippen molar-refractivity contribution < 1.29 is 19.3 Å². The van der Waals surface area contributed by atoms with Gasteiger partial charge in [-0.3, -0.25) is 4.79 Å². The van der Waals surface area contributed by atoms with Crippen molar-refractivity contribution in [2.24, 2.45) is 0 Å². The first-order chi connectivity index (χ1) is 13.7. The van der Waals surface area contributed by atoms with Crippen molar-refractivity contribution in [2.45, 2.75) is 19.4 Å². The van der Waals surface area contributed by atoms with Crippen LogP contribution in [0.15, 0.2) is 54.6 Å². The van der Waals surface area contributed by atoms with Crippen molar-refractivity contribution in [1.82, 2.24) is 0 Å². The molecule has 5 heteroatoms. The molecule has 2 aliphatic heterocycles. The second-order valence-corrected chi connectivity index (χ2v) is 7.91. The average molecular weight is 382 g/mol. The molecule has 2 heterocycles. The molecule has 0 unspecified atom stereocenters. The van der Waals surface area contributed by atoms with Crippen LogP contribution in [0.2, 0.25) is 0 Å². The van der Waals surface area contributed by atoms with E-state index in [1.807, 2.05) is 41.3 Å². The number of para-hydroxylation sites is 2. The van der Waals surface area contributed by atoms with E-state index in [2.05, 4.69) is 25.1 Å². The molecule has 0 spiro atoms. The van der Waals surface area contributed by atoms with Crippen molar-refractivity contribution >= 4 is 11.6 Å². The number of benzene rings is 2. The molecule has 28 heavy (non-hydrogen) atoms. The van der Waals surface area contributed by atoms with Crippen LogP contribution < -0.4 is 19.4 Å². The molecule has 4 rings (SSSR count). The Balaban J connectivity index is 1.24.